The zero-order valence-electron chi connectivity index (χ0n) is 11.9. The van der Waals surface area contributed by atoms with E-state index in [1.165, 1.54) is 12.8 Å². The Balaban J connectivity index is 1.84. The van der Waals surface area contributed by atoms with Crippen LogP contribution in [0.2, 0.25) is 0 Å². The van der Waals surface area contributed by atoms with Crippen LogP contribution in [0.1, 0.15) is 46.0 Å². The maximum atomic E-state index is 12.0. The molecule has 0 bridgehead atoms. The topological polar surface area (TPSA) is 44.4 Å². The number of carbonyl (C=O) groups excluding carboxylic acids is 1. The predicted octanol–water partition coefficient (Wildman–Crippen LogP) is 1.96. The molecular weight excluding hydrogens is 226 g/mol. The molecule has 2 aliphatic rings. The smallest absolute Gasteiger partial charge is 0.317 e. The molecule has 1 aliphatic carbocycles. The van der Waals surface area contributed by atoms with Gasteiger partial charge in [-0.1, -0.05) is 13.8 Å². The van der Waals surface area contributed by atoms with E-state index in [0.29, 0.717) is 24.0 Å². The number of amides is 2. The van der Waals surface area contributed by atoms with Gasteiger partial charge in [0.1, 0.15) is 0 Å². The molecule has 1 saturated heterocycles. The van der Waals surface area contributed by atoms with Gasteiger partial charge in [0.25, 0.3) is 0 Å². The van der Waals surface area contributed by atoms with Gasteiger partial charge < -0.3 is 15.5 Å². The minimum Gasteiger partial charge on any atom is -0.333 e. The third kappa shape index (κ3) is 3.16. The lowest BCUT2D eigenvalue weighted by molar-refractivity contribution is 0.170. The Kier molecular flexibility index (Phi) is 4.49. The fraction of sp³-hybridized carbons (Fsp3) is 0.929. The standard InChI is InChI=1S/C14H27N3O/c1-10(2)8-12-9-17(14(18)16-12)13-6-4-11(15-3)5-7-13/h10-13,15H,4-9H2,1-3H3,(H,16,18). The van der Waals surface area contributed by atoms with E-state index in [1.807, 2.05) is 7.05 Å². The summed E-state index contributed by atoms with van der Waals surface area (Å²) >= 11 is 0. The maximum absolute atomic E-state index is 12.0. The summed E-state index contributed by atoms with van der Waals surface area (Å²) < 4.78 is 0. The van der Waals surface area contributed by atoms with Gasteiger partial charge in [0, 0.05) is 24.7 Å². The molecule has 2 N–H and O–H groups in total. The van der Waals surface area contributed by atoms with Crippen molar-refractivity contribution >= 4 is 6.03 Å². The third-order valence-corrected chi connectivity index (χ3v) is 4.31. The van der Waals surface area contributed by atoms with Crippen LogP contribution in [0.4, 0.5) is 4.79 Å². The lowest BCUT2D eigenvalue weighted by Gasteiger charge is -2.33. The summed E-state index contributed by atoms with van der Waals surface area (Å²) in [6.07, 6.45) is 5.77. The van der Waals surface area contributed by atoms with Crippen LogP contribution in [0.3, 0.4) is 0 Å². The molecule has 1 unspecified atom stereocenters. The lowest BCUT2D eigenvalue weighted by Crippen LogP contribution is -2.43. The zero-order valence-corrected chi connectivity index (χ0v) is 11.9. The Morgan fingerprint density at radius 1 is 1.33 bits per heavy atom. The third-order valence-electron chi connectivity index (χ3n) is 4.31. The van der Waals surface area contributed by atoms with E-state index >= 15 is 0 Å². The first kappa shape index (κ1) is 13.7. The SMILES string of the molecule is CNC1CCC(N2CC(CC(C)C)NC2=O)CC1. The van der Waals surface area contributed by atoms with E-state index < -0.39 is 0 Å². The summed E-state index contributed by atoms with van der Waals surface area (Å²) in [5.74, 6) is 0.648. The first-order valence-corrected chi connectivity index (χ1v) is 7.34. The van der Waals surface area contributed by atoms with E-state index in [1.54, 1.807) is 0 Å². The van der Waals surface area contributed by atoms with Crippen molar-refractivity contribution < 1.29 is 4.79 Å². The highest BCUT2D eigenvalue weighted by Gasteiger charge is 2.35. The summed E-state index contributed by atoms with van der Waals surface area (Å²) in [6, 6.07) is 1.64. The minimum absolute atomic E-state index is 0.161. The molecule has 1 aliphatic heterocycles. The monoisotopic (exact) mass is 253 g/mol. The second-order valence-corrected chi connectivity index (χ2v) is 6.22. The van der Waals surface area contributed by atoms with Gasteiger partial charge in [-0.15, -0.1) is 0 Å². The van der Waals surface area contributed by atoms with Gasteiger partial charge in [0.2, 0.25) is 0 Å². The number of urea groups is 1. The first-order chi connectivity index (χ1) is 8.60. The summed E-state index contributed by atoms with van der Waals surface area (Å²) in [6.45, 7) is 5.34. The first-order valence-electron chi connectivity index (χ1n) is 7.34. The Bertz CT molecular complexity index is 285. The van der Waals surface area contributed by atoms with E-state index in [2.05, 4.69) is 29.4 Å². The predicted molar refractivity (Wildman–Crippen MR) is 73.6 cm³/mol. The second-order valence-electron chi connectivity index (χ2n) is 6.22. The van der Waals surface area contributed by atoms with E-state index in [4.69, 9.17) is 0 Å². The Labute approximate surface area is 110 Å². The molecule has 4 nitrogen and oxygen atoms in total. The molecule has 0 aromatic rings. The summed E-state index contributed by atoms with van der Waals surface area (Å²) in [5, 5.41) is 6.47. The Morgan fingerprint density at radius 3 is 2.56 bits per heavy atom. The molecular formula is C14H27N3O. The van der Waals surface area contributed by atoms with Crippen LogP contribution >= 0.6 is 0 Å². The highest BCUT2D eigenvalue weighted by molar-refractivity contribution is 5.77. The van der Waals surface area contributed by atoms with Gasteiger partial charge in [-0.3, -0.25) is 0 Å². The van der Waals surface area contributed by atoms with Crippen LogP contribution in [-0.2, 0) is 0 Å². The van der Waals surface area contributed by atoms with E-state index in [-0.39, 0.29) is 6.03 Å². The molecule has 1 saturated carbocycles. The van der Waals surface area contributed by atoms with Crippen molar-refractivity contribution in [1.82, 2.24) is 15.5 Å². The summed E-state index contributed by atoms with van der Waals surface area (Å²) in [5.41, 5.74) is 0. The molecule has 2 amide bonds. The highest BCUT2D eigenvalue weighted by atomic mass is 16.2. The number of carbonyl (C=O) groups is 1. The summed E-state index contributed by atoms with van der Waals surface area (Å²) in [7, 11) is 2.03. The van der Waals surface area contributed by atoms with Gasteiger partial charge >= 0.3 is 6.03 Å². The molecule has 2 rings (SSSR count). The molecule has 18 heavy (non-hydrogen) atoms. The number of rotatable bonds is 4. The van der Waals surface area contributed by atoms with Crippen LogP contribution in [0, 0.1) is 5.92 Å². The summed E-state index contributed by atoms with van der Waals surface area (Å²) in [4.78, 5) is 14.1. The maximum Gasteiger partial charge on any atom is 0.317 e. The van der Waals surface area contributed by atoms with Gasteiger partial charge in [0.15, 0.2) is 0 Å². The molecule has 0 spiro atoms. The van der Waals surface area contributed by atoms with Crippen molar-refractivity contribution in [3.8, 4) is 0 Å². The molecule has 0 radical (unpaired) electrons. The van der Waals surface area contributed by atoms with Gasteiger partial charge in [-0.2, -0.15) is 0 Å². The molecule has 104 valence electrons. The lowest BCUT2D eigenvalue weighted by atomic mass is 9.90. The number of hydrogen-bond acceptors (Lipinski definition) is 2. The van der Waals surface area contributed by atoms with Gasteiger partial charge in [0.05, 0.1) is 0 Å². The van der Waals surface area contributed by atoms with Gasteiger partial charge in [-0.05, 0) is 45.1 Å². The average molecular weight is 253 g/mol. The Hall–Kier alpha value is -0.770. The number of hydrogen-bond donors (Lipinski definition) is 2. The van der Waals surface area contributed by atoms with Crippen LogP contribution in [0.15, 0.2) is 0 Å². The highest BCUT2D eigenvalue weighted by Crippen LogP contribution is 2.26. The van der Waals surface area contributed by atoms with Crippen molar-refractivity contribution in [3.63, 3.8) is 0 Å². The molecule has 4 heteroatoms. The van der Waals surface area contributed by atoms with Crippen LogP contribution in [0.25, 0.3) is 0 Å². The average Bonchev–Trinajstić information content (AvgIpc) is 2.69. The molecule has 1 atom stereocenters. The van der Waals surface area contributed by atoms with Crippen molar-refractivity contribution in [2.75, 3.05) is 13.6 Å². The van der Waals surface area contributed by atoms with Crippen molar-refractivity contribution in [1.29, 1.82) is 0 Å². The minimum atomic E-state index is 0.161. The Morgan fingerprint density at radius 2 is 2.00 bits per heavy atom. The fourth-order valence-electron chi connectivity index (χ4n) is 3.32. The molecule has 0 aromatic carbocycles. The second kappa shape index (κ2) is 5.91. The molecule has 0 aromatic heterocycles. The van der Waals surface area contributed by atoms with Crippen LogP contribution in [-0.4, -0.2) is 42.6 Å². The van der Waals surface area contributed by atoms with E-state index in [9.17, 15) is 4.79 Å². The number of nitrogens with one attached hydrogen (secondary N) is 2. The van der Waals surface area contributed by atoms with E-state index in [0.717, 1.165) is 25.8 Å². The molecule has 2 fully saturated rings. The fourth-order valence-corrected chi connectivity index (χ4v) is 3.32. The van der Waals surface area contributed by atoms with Crippen molar-refractivity contribution in [3.05, 3.63) is 0 Å². The zero-order chi connectivity index (χ0) is 13.1. The quantitative estimate of drug-likeness (QED) is 0.804. The van der Waals surface area contributed by atoms with Crippen molar-refractivity contribution in [2.45, 2.75) is 64.1 Å². The normalized spacial score (nSPS) is 33.0. The largest absolute Gasteiger partial charge is 0.333 e. The van der Waals surface area contributed by atoms with Crippen LogP contribution in [0.5, 0.6) is 0 Å². The van der Waals surface area contributed by atoms with Crippen molar-refractivity contribution in [2.24, 2.45) is 5.92 Å². The number of nitrogens with zero attached hydrogens (tertiary/aromatic N) is 1. The van der Waals surface area contributed by atoms with Crippen LogP contribution < -0.4 is 10.6 Å². The molecule has 1 heterocycles. The van der Waals surface area contributed by atoms with Gasteiger partial charge in [-0.25, -0.2) is 4.79 Å².